The lowest BCUT2D eigenvalue weighted by molar-refractivity contribution is -0.134. The second-order valence-corrected chi connectivity index (χ2v) is 6.48. The van der Waals surface area contributed by atoms with Gasteiger partial charge in [0, 0.05) is 19.0 Å². The Morgan fingerprint density at radius 1 is 1.33 bits per heavy atom. The molecular formula is C18H27NO2. The van der Waals surface area contributed by atoms with E-state index >= 15 is 0 Å². The Kier molecular flexibility index (Phi) is 5.40. The van der Waals surface area contributed by atoms with E-state index in [2.05, 4.69) is 24.3 Å². The van der Waals surface area contributed by atoms with Crippen LogP contribution in [0.5, 0.6) is 0 Å². The predicted octanol–water partition coefficient (Wildman–Crippen LogP) is 3.11. The third-order valence-corrected chi connectivity index (χ3v) is 4.32. The highest BCUT2D eigenvalue weighted by Crippen LogP contribution is 2.34. The molecule has 0 bridgehead atoms. The zero-order valence-electron chi connectivity index (χ0n) is 13.4. The topological polar surface area (TPSA) is 40.5 Å². The van der Waals surface area contributed by atoms with E-state index in [0.29, 0.717) is 18.9 Å². The maximum atomic E-state index is 12.6. The van der Waals surface area contributed by atoms with E-state index in [1.165, 1.54) is 11.1 Å². The molecule has 21 heavy (non-hydrogen) atoms. The van der Waals surface area contributed by atoms with Crippen molar-refractivity contribution in [3.05, 3.63) is 35.4 Å². The molecule has 2 atom stereocenters. The number of aryl methyl sites for hydroxylation is 1. The molecule has 3 heteroatoms. The molecule has 0 aromatic heterocycles. The maximum absolute atomic E-state index is 12.6. The van der Waals surface area contributed by atoms with Crippen molar-refractivity contribution in [2.75, 3.05) is 6.54 Å². The van der Waals surface area contributed by atoms with E-state index in [-0.39, 0.29) is 11.9 Å². The van der Waals surface area contributed by atoms with Crippen molar-refractivity contribution in [2.45, 2.75) is 64.5 Å². The highest BCUT2D eigenvalue weighted by atomic mass is 16.3. The quantitative estimate of drug-likeness (QED) is 0.905. The van der Waals surface area contributed by atoms with Crippen LogP contribution in [-0.2, 0) is 11.2 Å². The zero-order valence-corrected chi connectivity index (χ0v) is 13.4. The minimum Gasteiger partial charge on any atom is -0.392 e. The van der Waals surface area contributed by atoms with Crippen LogP contribution in [0.3, 0.4) is 0 Å². The molecular weight excluding hydrogens is 262 g/mol. The average Bonchev–Trinajstić information content (AvgIpc) is 2.44. The number of benzene rings is 1. The molecule has 0 aliphatic heterocycles. The first-order valence-corrected chi connectivity index (χ1v) is 8.04. The van der Waals surface area contributed by atoms with Gasteiger partial charge in [-0.15, -0.1) is 0 Å². The SMILES string of the molecule is CC(O)CN(C(=O)CC1CCCc2ccccc21)C(C)C. The Labute approximate surface area is 128 Å². The van der Waals surface area contributed by atoms with Crippen molar-refractivity contribution in [3.63, 3.8) is 0 Å². The van der Waals surface area contributed by atoms with Crippen LogP contribution in [0.2, 0.25) is 0 Å². The molecule has 3 nitrogen and oxygen atoms in total. The van der Waals surface area contributed by atoms with E-state index in [9.17, 15) is 9.90 Å². The Hall–Kier alpha value is -1.35. The summed E-state index contributed by atoms with van der Waals surface area (Å²) in [6, 6.07) is 8.63. The molecule has 1 N–H and O–H groups in total. The Balaban J connectivity index is 2.09. The third kappa shape index (κ3) is 4.07. The van der Waals surface area contributed by atoms with Gasteiger partial charge in [0.1, 0.15) is 0 Å². The predicted molar refractivity (Wildman–Crippen MR) is 85.3 cm³/mol. The molecule has 1 aromatic carbocycles. The third-order valence-electron chi connectivity index (χ3n) is 4.32. The summed E-state index contributed by atoms with van der Waals surface area (Å²) in [6.45, 7) is 6.17. The highest BCUT2D eigenvalue weighted by molar-refractivity contribution is 5.77. The van der Waals surface area contributed by atoms with Crippen LogP contribution in [0, 0.1) is 0 Å². The van der Waals surface area contributed by atoms with Gasteiger partial charge >= 0.3 is 0 Å². The molecule has 0 heterocycles. The number of hydrogen-bond acceptors (Lipinski definition) is 2. The van der Waals surface area contributed by atoms with Crippen molar-refractivity contribution >= 4 is 5.91 Å². The fourth-order valence-electron chi connectivity index (χ4n) is 3.28. The van der Waals surface area contributed by atoms with Gasteiger partial charge in [-0.2, -0.15) is 0 Å². The van der Waals surface area contributed by atoms with Crippen LogP contribution in [-0.4, -0.2) is 34.6 Å². The van der Waals surface area contributed by atoms with Crippen molar-refractivity contribution < 1.29 is 9.90 Å². The van der Waals surface area contributed by atoms with Gasteiger partial charge in [0.15, 0.2) is 0 Å². The molecule has 0 spiro atoms. The molecule has 0 saturated carbocycles. The van der Waals surface area contributed by atoms with Gasteiger partial charge < -0.3 is 10.0 Å². The fourth-order valence-corrected chi connectivity index (χ4v) is 3.28. The van der Waals surface area contributed by atoms with Crippen LogP contribution in [0.25, 0.3) is 0 Å². The van der Waals surface area contributed by atoms with Gasteiger partial charge in [0.25, 0.3) is 0 Å². The molecule has 116 valence electrons. The van der Waals surface area contributed by atoms with Crippen LogP contribution in [0.4, 0.5) is 0 Å². The molecule has 1 aliphatic rings. The van der Waals surface area contributed by atoms with E-state index in [1.54, 1.807) is 6.92 Å². The number of nitrogens with zero attached hydrogens (tertiary/aromatic N) is 1. The van der Waals surface area contributed by atoms with Gasteiger partial charge in [-0.3, -0.25) is 4.79 Å². The fraction of sp³-hybridized carbons (Fsp3) is 0.611. The first-order valence-electron chi connectivity index (χ1n) is 8.04. The molecule has 1 amide bonds. The van der Waals surface area contributed by atoms with E-state index in [0.717, 1.165) is 19.3 Å². The van der Waals surface area contributed by atoms with Gasteiger partial charge in [-0.1, -0.05) is 24.3 Å². The first-order chi connectivity index (χ1) is 9.99. The summed E-state index contributed by atoms with van der Waals surface area (Å²) in [4.78, 5) is 14.4. The van der Waals surface area contributed by atoms with Crippen LogP contribution in [0.15, 0.2) is 24.3 Å². The smallest absolute Gasteiger partial charge is 0.223 e. The molecule has 1 aromatic rings. The van der Waals surface area contributed by atoms with Gasteiger partial charge in [0.05, 0.1) is 6.10 Å². The number of carbonyl (C=O) groups is 1. The molecule has 2 unspecified atom stereocenters. The molecule has 1 aliphatic carbocycles. The number of aliphatic hydroxyl groups excluding tert-OH is 1. The van der Waals surface area contributed by atoms with E-state index in [4.69, 9.17) is 0 Å². The molecule has 0 fully saturated rings. The number of amides is 1. The average molecular weight is 289 g/mol. The van der Waals surface area contributed by atoms with Crippen molar-refractivity contribution in [1.82, 2.24) is 4.90 Å². The van der Waals surface area contributed by atoms with Crippen LogP contribution in [0.1, 0.15) is 57.1 Å². The van der Waals surface area contributed by atoms with Gasteiger partial charge in [-0.25, -0.2) is 0 Å². The Morgan fingerprint density at radius 3 is 2.71 bits per heavy atom. The summed E-state index contributed by atoms with van der Waals surface area (Å²) in [6.07, 6.45) is 3.45. The second-order valence-electron chi connectivity index (χ2n) is 6.48. The first kappa shape index (κ1) is 16.0. The number of fused-ring (bicyclic) bond motifs is 1. The van der Waals surface area contributed by atoms with Gasteiger partial charge in [0.2, 0.25) is 5.91 Å². The van der Waals surface area contributed by atoms with E-state index < -0.39 is 6.10 Å². The summed E-state index contributed by atoms with van der Waals surface area (Å²) < 4.78 is 0. The summed E-state index contributed by atoms with van der Waals surface area (Å²) in [5, 5.41) is 9.59. The molecule has 0 radical (unpaired) electrons. The highest BCUT2D eigenvalue weighted by Gasteiger charge is 2.26. The Bertz CT molecular complexity index is 482. The summed E-state index contributed by atoms with van der Waals surface area (Å²) in [5.41, 5.74) is 2.74. The summed E-state index contributed by atoms with van der Waals surface area (Å²) in [7, 11) is 0. The molecule has 2 rings (SSSR count). The van der Waals surface area contributed by atoms with Crippen LogP contribution < -0.4 is 0 Å². The monoisotopic (exact) mass is 289 g/mol. The van der Waals surface area contributed by atoms with Crippen molar-refractivity contribution in [2.24, 2.45) is 0 Å². The number of aliphatic hydroxyl groups is 1. The lowest BCUT2D eigenvalue weighted by atomic mass is 9.81. The minimum absolute atomic E-state index is 0.130. The zero-order chi connectivity index (χ0) is 15.4. The lowest BCUT2D eigenvalue weighted by Crippen LogP contribution is -2.42. The standard InChI is InChI=1S/C18H27NO2/c1-13(2)19(12-14(3)20)18(21)11-16-9-6-8-15-7-4-5-10-17(15)16/h4-5,7,10,13-14,16,20H,6,8-9,11-12H2,1-3H3. The largest absolute Gasteiger partial charge is 0.392 e. The van der Waals surface area contributed by atoms with Crippen molar-refractivity contribution in [3.8, 4) is 0 Å². The lowest BCUT2D eigenvalue weighted by Gasteiger charge is -2.31. The summed E-state index contributed by atoms with van der Waals surface area (Å²) >= 11 is 0. The second kappa shape index (κ2) is 7.08. The summed E-state index contributed by atoms with van der Waals surface area (Å²) in [5.74, 6) is 0.491. The normalized spacial score (nSPS) is 19.2. The minimum atomic E-state index is -0.477. The maximum Gasteiger partial charge on any atom is 0.223 e. The number of carbonyl (C=O) groups excluding carboxylic acids is 1. The number of rotatable bonds is 5. The molecule has 0 saturated heterocycles. The Morgan fingerprint density at radius 2 is 2.05 bits per heavy atom. The number of hydrogen-bond donors (Lipinski definition) is 1. The van der Waals surface area contributed by atoms with Crippen LogP contribution >= 0.6 is 0 Å². The van der Waals surface area contributed by atoms with Gasteiger partial charge in [-0.05, 0) is 57.1 Å². The van der Waals surface area contributed by atoms with Crippen molar-refractivity contribution in [1.29, 1.82) is 0 Å². The van der Waals surface area contributed by atoms with E-state index in [1.807, 2.05) is 18.7 Å².